The van der Waals surface area contributed by atoms with E-state index >= 15 is 0 Å². The molecule has 0 atom stereocenters. The van der Waals surface area contributed by atoms with Gasteiger partial charge < -0.3 is 10.2 Å². The number of carbonyl (C=O) groups is 1. The Hall–Kier alpha value is -1.60. The van der Waals surface area contributed by atoms with E-state index in [9.17, 15) is 18.3 Å². The molecule has 0 spiro atoms. The smallest absolute Gasteiger partial charge is 0.339 e. The minimum absolute atomic E-state index is 0.113. The van der Waals surface area contributed by atoms with Gasteiger partial charge in [-0.05, 0) is 37.0 Å². The van der Waals surface area contributed by atoms with Crippen LogP contribution in [0.5, 0.6) is 5.75 Å². The van der Waals surface area contributed by atoms with Crippen LogP contribution in [0.25, 0.3) is 0 Å². The second-order valence-corrected chi connectivity index (χ2v) is 7.47. The first-order valence-electron chi connectivity index (χ1n) is 6.85. The molecule has 21 heavy (non-hydrogen) atoms. The fourth-order valence-corrected chi connectivity index (χ4v) is 3.96. The van der Waals surface area contributed by atoms with E-state index in [1.165, 1.54) is 17.4 Å². The first kappa shape index (κ1) is 15.8. The van der Waals surface area contributed by atoms with Crippen LogP contribution < -0.4 is 0 Å². The topological polar surface area (TPSA) is 94.9 Å². The lowest BCUT2D eigenvalue weighted by Crippen LogP contribution is -2.31. The Kier molecular flexibility index (Phi) is 4.53. The molecule has 0 radical (unpaired) electrons. The fraction of sp³-hybridized carbons (Fsp3) is 0.500. The Morgan fingerprint density at radius 3 is 2.52 bits per heavy atom. The first-order chi connectivity index (χ1) is 9.82. The van der Waals surface area contributed by atoms with Gasteiger partial charge in [0, 0.05) is 13.6 Å². The summed E-state index contributed by atoms with van der Waals surface area (Å²) in [7, 11) is -2.24. The van der Waals surface area contributed by atoms with Crippen molar-refractivity contribution in [2.24, 2.45) is 5.92 Å². The van der Waals surface area contributed by atoms with Gasteiger partial charge in [0.2, 0.25) is 10.0 Å². The van der Waals surface area contributed by atoms with Crippen molar-refractivity contribution in [3.63, 3.8) is 0 Å². The van der Waals surface area contributed by atoms with Crippen LogP contribution in [0.4, 0.5) is 0 Å². The Morgan fingerprint density at radius 1 is 1.33 bits per heavy atom. The number of aromatic carboxylic acids is 1. The van der Waals surface area contributed by atoms with Crippen LogP contribution in [0.15, 0.2) is 23.1 Å². The van der Waals surface area contributed by atoms with Crippen LogP contribution in [0, 0.1) is 5.92 Å². The van der Waals surface area contributed by atoms with E-state index in [2.05, 4.69) is 0 Å². The lowest BCUT2D eigenvalue weighted by Gasteiger charge is -2.21. The Bertz CT molecular complexity index is 635. The van der Waals surface area contributed by atoms with Crippen LogP contribution in [0.2, 0.25) is 0 Å². The summed E-state index contributed by atoms with van der Waals surface area (Å²) in [5.74, 6) is -1.44. The Labute approximate surface area is 124 Å². The number of sulfonamides is 1. The molecule has 2 N–H and O–H groups in total. The molecule has 1 aromatic carbocycles. The normalized spacial score (nSPS) is 16.5. The maximum atomic E-state index is 12.5. The minimum Gasteiger partial charge on any atom is -0.507 e. The molecule has 0 saturated heterocycles. The molecule has 1 fully saturated rings. The van der Waals surface area contributed by atoms with Crippen LogP contribution in [0.3, 0.4) is 0 Å². The molecule has 0 aliphatic heterocycles. The quantitative estimate of drug-likeness (QED) is 0.865. The maximum absolute atomic E-state index is 12.5. The van der Waals surface area contributed by atoms with Gasteiger partial charge in [-0.25, -0.2) is 17.5 Å². The molecule has 0 unspecified atom stereocenters. The molecule has 2 rings (SSSR count). The minimum atomic E-state index is -3.74. The lowest BCUT2D eigenvalue weighted by atomic mass is 10.1. The third-order valence-corrected chi connectivity index (χ3v) is 5.72. The van der Waals surface area contributed by atoms with E-state index in [0.717, 1.165) is 37.8 Å². The number of aromatic hydroxyl groups is 1. The molecule has 1 aliphatic rings. The van der Waals surface area contributed by atoms with Gasteiger partial charge in [-0.1, -0.05) is 12.8 Å². The molecule has 0 amide bonds. The van der Waals surface area contributed by atoms with E-state index in [-0.39, 0.29) is 4.90 Å². The molecule has 0 heterocycles. The van der Waals surface area contributed by atoms with Crippen molar-refractivity contribution in [2.75, 3.05) is 13.6 Å². The number of benzene rings is 1. The summed E-state index contributed by atoms with van der Waals surface area (Å²) in [5, 5.41) is 18.4. The van der Waals surface area contributed by atoms with Crippen molar-refractivity contribution in [3.05, 3.63) is 23.8 Å². The van der Waals surface area contributed by atoms with Crippen LogP contribution in [0.1, 0.15) is 36.0 Å². The molecule has 0 bridgehead atoms. The summed E-state index contributed by atoms with van der Waals surface area (Å²) in [6, 6.07) is 3.32. The van der Waals surface area contributed by atoms with Gasteiger partial charge in [-0.3, -0.25) is 0 Å². The zero-order valence-corrected chi connectivity index (χ0v) is 12.6. The number of hydrogen-bond donors (Lipinski definition) is 2. The second kappa shape index (κ2) is 6.03. The van der Waals surface area contributed by atoms with E-state index in [1.807, 2.05) is 0 Å². The molecular weight excluding hydrogens is 294 g/mol. The lowest BCUT2D eigenvalue weighted by molar-refractivity contribution is 0.0693. The van der Waals surface area contributed by atoms with Gasteiger partial charge in [-0.2, -0.15) is 0 Å². The fourth-order valence-electron chi connectivity index (χ4n) is 2.68. The van der Waals surface area contributed by atoms with Gasteiger partial charge in [0.05, 0.1) is 4.90 Å². The number of carboxylic acid groups (broad SMARTS) is 1. The molecule has 6 nitrogen and oxygen atoms in total. The van der Waals surface area contributed by atoms with E-state index < -0.39 is 27.3 Å². The largest absolute Gasteiger partial charge is 0.507 e. The highest BCUT2D eigenvalue weighted by Gasteiger charge is 2.26. The summed E-state index contributed by atoms with van der Waals surface area (Å²) >= 11 is 0. The summed E-state index contributed by atoms with van der Waals surface area (Å²) < 4.78 is 26.2. The van der Waals surface area contributed by atoms with Gasteiger partial charge in [-0.15, -0.1) is 0 Å². The summed E-state index contributed by atoms with van der Waals surface area (Å²) in [5.41, 5.74) is -0.412. The van der Waals surface area contributed by atoms with Crippen molar-refractivity contribution < 1.29 is 23.4 Å². The van der Waals surface area contributed by atoms with Crippen molar-refractivity contribution in [3.8, 4) is 5.75 Å². The van der Waals surface area contributed by atoms with Gasteiger partial charge in [0.15, 0.2) is 0 Å². The van der Waals surface area contributed by atoms with E-state index in [0.29, 0.717) is 12.5 Å². The monoisotopic (exact) mass is 313 g/mol. The van der Waals surface area contributed by atoms with Crippen molar-refractivity contribution in [1.29, 1.82) is 0 Å². The van der Waals surface area contributed by atoms with Crippen LogP contribution in [-0.4, -0.2) is 42.5 Å². The molecule has 0 aromatic heterocycles. The zero-order chi connectivity index (χ0) is 15.6. The predicted octanol–water partition coefficient (Wildman–Crippen LogP) is 1.90. The molecular formula is C14H19NO5S. The predicted molar refractivity (Wildman–Crippen MR) is 76.8 cm³/mol. The molecule has 7 heteroatoms. The second-order valence-electron chi connectivity index (χ2n) is 5.42. The van der Waals surface area contributed by atoms with Gasteiger partial charge in [0.1, 0.15) is 11.3 Å². The van der Waals surface area contributed by atoms with Crippen molar-refractivity contribution in [1.82, 2.24) is 4.31 Å². The third kappa shape index (κ3) is 3.36. The summed E-state index contributed by atoms with van der Waals surface area (Å²) in [6.07, 6.45) is 4.30. The standard InChI is InChI=1S/C14H19NO5S/c1-15(9-10-4-2-3-5-10)21(19,20)11-6-7-13(16)12(8-11)14(17)18/h6-8,10,16H,2-5,9H2,1H3,(H,17,18). The van der Waals surface area contributed by atoms with Gasteiger partial charge >= 0.3 is 5.97 Å². The summed E-state index contributed by atoms with van der Waals surface area (Å²) in [6.45, 7) is 0.436. The molecule has 1 saturated carbocycles. The highest BCUT2D eigenvalue weighted by atomic mass is 32.2. The van der Waals surface area contributed by atoms with Crippen molar-refractivity contribution in [2.45, 2.75) is 30.6 Å². The number of hydrogen-bond acceptors (Lipinski definition) is 4. The van der Waals surface area contributed by atoms with Gasteiger partial charge in [0.25, 0.3) is 0 Å². The Balaban J connectivity index is 2.26. The van der Waals surface area contributed by atoms with E-state index in [4.69, 9.17) is 5.11 Å². The van der Waals surface area contributed by atoms with Crippen LogP contribution >= 0.6 is 0 Å². The van der Waals surface area contributed by atoms with Crippen LogP contribution in [-0.2, 0) is 10.0 Å². The zero-order valence-electron chi connectivity index (χ0n) is 11.8. The molecule has 116 valence electrons. The third-order valence-electron chi connectivity index (χ3n) is 3.90. The van der Waals surface area contributed by atoms with E-state index in [1.54, 1.807) is 0 Å². The molecule has 1 aliphatic carbocycles. The maximum Gasteiger partial charge on any atom is 0.339 e. The highest BCUT2D eigenvalue weighted by molar-refractivity contribution is 7.89. The average molecular weight is 313 g/mol. The average Bonchev–Trinajstić information content (AvgIpc) is 2.91. The number of carboxylic acids is 1. The first-order valence-corrected chi connectivity index (χ1v) is 8.29. The van der Waals surface area contributed by atoms with Crippen molar-refractivity contribution >= 4 is 16.0 Å². The number of rotatable bonds is 5. The molecule has 1 aromatic rings. The number of phenols is 1. The number of nitrogens with zero attached hydrogens (tertiary/aromatic N) is 1. The highest BCUT2D eigenvalue weighted by Crippen LogP contribution is 2.28. The Morgan fingerprint density at radius 2 is 1.95 bits per heavy atom. The SMILES string of the molecule is CN(CC1CCCC1)S(=O)(=O)c1ccc(O)c(C(=O)O)c1. The summed E-state index contributed by atoms with van der Waals surface area (Å²) in [4.78, 5) is 10.9.